The van der Waals surface area contributed by atoms with Crippen LogP contribution in [0.4, 0.5) is 22.0 Å². The molecule has 11 heteroatoms. The Balaban J connectivity index is 1.43. The van der Waals surface area contributed by atoms with Crippen LogP contribution >= 0.6 is 0 Å². The minimum atomic E-state index is -5.59. The number of halogens is 5. The summed E-state index contributed by atoms with van der Waals surface area (Å²) in [4.78, 5) is 12.8. The van der Waals surface area contributed by atoms with E-state index in [-0.39, 0.29) is 40.6 Å². The predicted molar refractivity (Wildman–Crippen MR) is 132 cm³/mol. The van der Waals surface area contributed by atoms with Crippen molar-refractivity contribution in [3.8, 4) is 0 Å². The molecule has 6 atom stereocenters. The van der Waals surface area contributed by atoms with Gasteiger partial charge in [-0.2, -0.15) is 22.0 Å². The summed E-state index contributed by atoms with van der Waals surface area (Å²) in [6.07, 6.45) is -2.36. The molecule has 1 aromatic rings. The summed E-state index contributed by atoms with van der Waals surface area (Å²) < 4.78 is 75.7. The van der Waals surface area contributed by atoms with Crippen molar-refractivity contribution in [2.24, 2.45) is 23.2 Å². The summed E-state index contributed by atoms with van der Waals surface area (Å²) in [5.74, 6) is -3.47. The molecular weight excluding hydrogens is 514 g/mol. The van der Waals surface area contributed by atoms with Crippen LogP contribution in [0.15, 0.2) is 18.2 Å². The molecule has 2 fully saturated rings. The highest BCUT2D eigenvalue weighted by molar-refractivity contribution is 7.84. The van der Waals surface area contributed by atoms with Crippen LogP contribution in [0.1, 0.15) is 75.3 Å². The lowest BCUT2D eigenvalue weighted by molar-refractivity contribution is -0.284. The lowest BCUT2D eigenvalue weighted by atomic mass is 9.52. The first-order chi connectivity index (χ1) is 17.2. The van der Waals surface area contributed by atoms with Crippen LogP contribution in [0, 0.1) is 23.2 Å². The van der Waals surface area contributed by atoms with Crippen LogP contribution in [0.3, 0.4) is 0 Å². The summed E-state index contributed by atoms with van der Waals surface area (Å²) in [5.41, 5.74) is 2.33. The number of ketones is 1. The number of alkyl halides is 5. The molecule has 3 aliphatic rings. The number of hydrogen-bond acceptors (Lipinski definition) is 4. The number of Topliss-reactive ketones (excluding diaryl/α,β-unsaturated/α-hetero) is 1. The van der Waals surface area contributed by atoms with E-state index in [1.807, 2.05) is 12.1 Å². The fourth-order valence-corrected chi connectivity index (χ4v) is 8.39. The highest BCUT2D eigenvalue weighted by Gasteiger charge is 2.57. The highest BCUT2D eigenvalue weighted by Crippen LogP contribution is 2.61. The third-order valence-corrected chi connectivity index (χ3v) is 10.6. The zero-order valence-electron chi connectivity index (χ0n) is 20.9. The minimum Gasteiger partial charge on any atom is -0.423 e. The molecule has 0 aromatic heterocycles. The van der Waals surface area contributed by atoms with Crippen molar-refractivity contribution < 1.29 is 41.0 Å². The average molecular weight is 548 g/mol. The Morgan fingerprint density at radius 1 is 1.11 bits per heavy atom. The van der Waals surface area contributed by atoms with Crippen LogP contribution in [0.2, 0.25) is 0 Å². The Kier molecular flexibility index (Phi) is 8.28. The molecule has 0 radical (unpaired) electrons. The Hall–Kier alpha value is -1.33. The first-order valence-corrected chi connectivity index (χ1v) is 14.5. The van der Waals surface area contributed by atoms with E-state index in [0.29, 0.717) is 36.9 Å². The number of hydrogen-bond donors (Lipinski definition) is 2. The Morgan fingerprint density at radius 3 is 2.49 bits per heavy atom. The SMILES string of the molecule is C[C@]12CC[C@@H]3c4ccc(B(O)O)cc4C[C@@H](CCCS(=O)CCCC(F)(F)C(F)(F)F)[C@H]3[C@@H]1CCC2=O. The van der Waals surface area contributed by atoms with Gasteiger partial charge in [-0.3, -0.25) is 9.00 Å². The van der Waals surface area contributed by atoms with E-state index in [1.165, 1.54) is 5.56 Å². The van der Waals surface area contributed by atoms with Crippen LogP contribution in [-0.4, -0.2) is 50.8 Å². The topological polar surface area (TPSA) is 74.6 Å². The summed E-state index contributed by atoms with van der Waals surface area (Å²) in [7, 11) is -3.06. The van der Waals surface area contributed by atoms with Gasteiger partial charge in [-0.15, -0.1) is 0 Å². The molecule has 2 saturated carbocycles. The van der Waals surface area contributed by atoms with Gasteiger partial charge < -0.3 is 10.0 Å². The van der Waals surface area contributed by atoms with Crippen molar-refractivity contribution in [2.75, 3.05) is 11.5 Å². The second kappa shape index (κ2) is 10.7. The third kappa shape index (κ3) is 5.69. The van der Waals surface area contributed by atoms with E-state index in [0.717, 1.165) is 24.8 Å². The second-order valence-corrected chi connectivity index (χ2v) is 13.0. The van der Waals surface area contributed by atoms with Crippen molar-refractivity contribution in [1.29, 1.82) is 0 Å². The monoisotopic (exact) mass is 548 g/mol. The first-order valence-electron chi connectivity index (χ1n) is 13.1. The number of rotatable bonds is 9. The van der Waals surface area contributed by atoms with Gasteiger partial charge in [-0.1, -0.05) is 25.1 Å². The van der Waals surface area contributed by atoms with Gasteiger partial charge in [-0.05, 0) is 85.2 Å². The highest BCUT2D eigenvalue weighted by atomic mass is 32.2. The predicted octanol–water partition coefficient (Wildman–Crippen LogP) is 4.52. The molecule has 0 spiro atoms. The Morgan fingerprint density at radius 2 is 1.81 bits per heavy atom. The van der Waals surface area contributed by atoms with E-state index in [2.05, 4.69) is 6.92 Å². The molecule has 4 nitrogen and oxygen atoms in total. The molecule has 2 N–H and O–H groups in total. The van der Waals surface area contributed by atoms with E-state index < -0.39 is 42.9 Å². The fourth-order valence-electron chi connectivity index (χ4n) is 7.23. The number of carbonyl (C=O) groups excluding carboxylic acids is 1. The van der Waals surface area contributed by atoms with Crippen molar-refractivity contribution in [1.82, 2.24) is 0 Å². The van der Waals surface area contributed by atoms with E-state index in [9.17, 15) is 41.0 Å². The lowest BCUT2D eigenvalue weighted by Gasteiger charge is -2.52. The van der Waals surface area contributed by atoms with Crippen molar-refractivity contribution in [3.05, 3.63) is 29.3 Å². The molecule has 0 amide bonds. The fraction of sp³-hybridized carbons (Fsp3) is 0.731. The van der Waals surface area contributed by atoms with Gasteiger partial charge >= 0.3 is 19.2 Å². The van der Waals surface area contributed by atoms with Crippen LogP contribution in [-0.2, 0) is 22.0 Å². The zero-order valence-corrected chi connectivity index (χ0v) is 21.7. The van der Waals surface area contributed by atoms with Gasteiger partial charge in [0.15, 0.2) is 0 Å². The number of carbonyl (C=O) groups is 1. The number of fused-ring (bicyclic) bond motifs is 5. The smallest absolute Gasteiger partial charge is 0.423 e. The van der Waals surface area contributed by atoms with Gasteiger partial charge in [0.2, 0.25) is 0 Å². The van der Waals surface area contributed by atoms with E-state index >= 15 is 0 Å². The molecule has 0 bridgehead atoms. The lowest BCUT2D eigenvalue weighted by Crippen LogP contribution is -2.46. The van der Waals surface area contributed by atoms with Gasteiger partial charge in [0.25, 0.3) is 0 Å². The quantitative estimate of drug-likeness (QED) is 0.352. The molecule has 0 heterocycles. The summed E-state index contributed by atoms with van der Waals surface area (Å²) in [5, 5.41) is 19.3. The normalized spacial score (nSPS) is 30.4. The Labute approximate surface area is 217 Å². The van der Waals surface area contributed by atoms with Gasteiger partial charge in [0.1, 0.15) is 5.78 Å². The standard InChI is InChI=1S/C26H34BF5O4S/c1-24-11-9-20-19-6-5-18(27(34)35)15-17(19)14-16(23(20)21(24)7-8-22(24)33)4-2-12-37(36)13-3-10-25(28,29)26(30,31)32/h5-6,15-16,20-21,23,34-35H,2-4,7-14H2,1H3/t16-,20-,21+,23-,24+,37?/m1/s1. The summed E-state index contributed by atoms with van der Waals surface area (Å²) in [6.45, 7) is 2.08. The second-order valence-electron chi connectivity index (χ2n) is 11.3. The zero-order chi connectivity index (χ0) is 27.2. The van der Waals surface area contributed by atoms with Crippen LogP contribution in [0.5, 0.6) is 0 Å². The van der Waals surface area contributed by atoms with Crippen LogP contribution < -0.4 is 5.46 Å². The van der Waals surface area contributed by atoms with Gasteiger partial charge in [0, 0.05) is 40.6 Å². The van der Waals surface area contributed by atoms with E-state index in [4.69, 9.17) is 0 Å². The molecule has 0 saturated heterocycles. The average Bonchev–Trinajstić information content (AvgIpc) is 3.12. The van der Waals surface area contributed by atoms with Crippen molar-refractivity contribution in [3.63, 3.8) is 0 Å². The molecule has 0 aliphatic heterocycles. The molecule has 1 aromatic carbocycles. The molecule has 1 unspecified atom stereocenters. The molecule has 37 heavy (non-hydrogen) atoms. The van der Waals surface area contributed by atoms with Gasteiger partial charge in [0.05, 0.1) is 0 Å². The largest absolute Gasteiger partial charge is 0.488 e. The maximum atomic E-state index is 13.1. The summed E-state index contributed by atoms with van der Waals surface area (Å²) >= 11 is 0. The maximum Gasteiger partial charge on any atom is 0.488 e. The van der Waals surface area contributed by atoms with E-state index in [1.54, 1.807) is 6.07 Å². The molecule has 206 valence electrons. The van der Waals surface area contributed by atoms with Crippen molar-refractivity contribution in [2.45, 2.75) is 82.7 Å². The minimum absolute atomic E-state index is 0.186. The molecule has 3 aliphatic carbocycles. The molecular formula is C26H34BF5O4S. The number of benzene rings is 1. The Bertz CT molecular complexity index is 1030. The maximum absolute atomic E-state index is 13.1. The van der Waals surface area contributed by atoms with Crippen molar-refractivity contribution >= 4 is 29.2 Å². The first kappa shape index (κ1) is 28.7. The molecule has 4 rings (SSSR count). The van der Waals surface area contributed by atoms with Gasteiger partial charge in [-0.25, -0.2) is 0 Å². The third-order valence-electron chi connectivity index (χ3n) is 9.16. The van der Waals surface area contributed by atoms with Crippen LogP contribution in [0.25, 0.3) is 0 Å². The summed E-state index contributed by atoms with van der Waals surface area (Å²) in [6, 6.07) is 5.54.